The molecule has 1 fully saturated rings. The predicted octanol–water partition coefficient (Wildman–Crippen LogP) is 2.78. The lowest BCUT2D eigenvalue weighted by Gasteiger charge is -2.38. The number of carbonyl (C=O) groups excluding carboxylic acids is 1. The number of hydrogen-bond acceptors (Lipinski definition) is 6. The molecule has 0 radical (unpaired) electrons. The van der Waals surface area contributed by atoms with Crippen molar-refractivity contribution in [2.45, 2.75) is 31.3 Å². The molecule has 1 amide bonds. The fourth-order valence-electron chi connectivity index (χ4n) is 4.24. The number of H-pyrrole nitrogens is 1. The van der Waals surface area contributed by atoms with E-state index in [1.165, 1.54) is 0 Å². The number of anilines is 1. The van der Waals surface area contributed by atoms with Crippen LogP contribution in [0.25, 0.3) is 5.57 Å². The smallest absolute Gasteiger partial charge is 0.368 e. The van der Waals surface area contributed by atoms with Gasteiger partial charge < -0.3 is 24.8 Å². The Bertz CT molecular complexity index is 1060. The summed E-state index contributed by atoms with van der Waals surface area (Å²) in [4.78, 5) is 29.0. The van der Waals surface area contributed by atoms with Crippen molar-refractivity contribution in [3.63, 3.8) is 0 Å². The Morgan fingerprint density at radius 3 is 2.76 bits per heavy atom. The molecule has 176 valence electrons. The summed E-state index contributed by atoms with van der Waals surface area (Å²) in [5, 5.41) is 10.5. The Morgan fingerprint density at radius 2 is 2.09 bits per heavy atom. The fraction of sp³-hybridized carbons (Fsp3) is 0.409. The molecule has 2 N–H and O–H groups in total. The van der Waals surface area contributed by atoms with E-state index in [2.05, 4.69) is 21.5 Å². The minimum Gasteiger partial charge on any atom is -0.368 e. The van der Waals surface area contributed by atoms with Crippen LogP contribution in [-0.2, 0) is 11.0 Å². The van der Waals surface area contributed by atoms with E-state index in [0.717, 1.165) is 12.3 Å². The molecule has 1 atom stereocenters. The van der Waals surface area contributed by atoms with Crippen LogP contribution < -0.4 is 4.90 Å². The highest BCUT2D eigenvalue weighted by Crippen LogP contribution is 2.34. The number of aromatic amines is 1. The van der Waals surface area contributed by atoms with Crippen LogP contribution >= 0.6 is 0 Å². The molecule has 4 heterocycles. The molecule has 2 aromatic rings. The lowest BCUT2D eigenvalue weighted by atomic mass is 9.98. The molecule has 2 aliphatic rings. The molecule has 1 unspecified atom stereocenters. The Labute approximate surface area is 189 Å². The number of alkyl halides is 3. The minimum absolute atomic E-state index is 0.0401. The van der Waals surface area contributed by atoms with Gasteiger partial charge in [-0.2, -0.15) is 13.2 Å². The lowest BCUT2D eigenvalue weighted by molar-refractivity contribution is -0.141. The van der Waals surface area contributed by atoms with Crippen LogP contribution in [0.1, 0.15) is 36.0 Å². The first-order valence-corrected chi connectivity index (χ1v) is 10.6. The van der Waals surface area contributed by atoms with Gasteiger partial charge in [0.1, 0.15) is 5.69 Å². The third-order valence-corrected chi connectivity index (χ3v) is 6.06. The number of likely N-dealkylation sites (N-methyl/N-ethyl adjacent to an activating group) is 1. The van der Waals surface area contributed by atoms with Gasteiger partial charge in [-0.3, -0.25) is 4.79 Å². The molecule has 11 heteroatoms. The van der Waals surface area contributed by atoms with Crippen LogP contribution in [0.5, 0.6) is 0 Å². The molecule has 0 saturated carbocycles. The Kier molecular flexibility index (Phi) is 6.15. The fourth-order valence-corrected chi connectivity index (χ4v) is 4.24. The third-order valence-electron chi connectivity index (χ3n) is 6.06. The summed E-state index contributed by atoms with van der Waals surface area (Å²) in [5.74, 6) is -0.149. The summed E-state index contributed by atoms with van der Waals surface area (Å²) < 4.78 is 38.9. The summed E-state index contributed by atoms with van der Waals surface area (Å²) in [5.41, 5.74) is 0.686. The van der Waals surface area contributed by atoms with Gasteiger partial charge in [0.25, 0.3) is 5.91 Å². The van der Waals surface area contributed by atoms with Crippen LogP contribution in [0.15, 0.2) is 43.4 Å². The van der Waals surface area contributed by atoms with E-state index in [9.17, 15) is 23.1 Å². The number of halogens is 3. The second kappa shape index (κ2) is 8.89. The van der Waals surface area contributed by atoms with Gasteiger partial charge in [-0.15, -0.1) is 6.58 Å². The second-order valence-corrected chi connectivity index (χ2v) is 8.08. The molecule has 0 aliphatic carbocycles. The van der Waals surface area contributed by atoms with Crippen molar-refractivity contribution < 1.29 is 23.1 Å². The highest BCUT2D eigenvalue weighted by atomic mass is 19.4. The summed E-state index contributed by atoms with van der Waals surface area (Å²) in [6, 6.07) is 2.51. The summed E-state index contributed by atoms with van der Waals surface area (Å²) in [7, 11) is 1.72. The molecule has 0 spiro atoms. The van der Waals surface area contributed by atoms with E-state index in [0.29, 0.717) is 49.3 Å². The minimum atomic E-state index is -4.53. The number of piperidine rings is 1. The molecule has 2 aromatic heterocycles. The van der Waals surface area contributed by atoms with Crippen LogP contribution in [-0.4, -0.2) is 68.5 Å². The SMILES string of the molecule is C=CCN1C=C(C(=O)N(C)C2CCN(c3nccc(C(F)(F)F)n3)CC2)c2cc[nH]c2C1O. The van der Waals surface area contributed by atoms with Crippen molar-refractivity contribution in [2.75, 3.05) is 31.6 Å². The van der Waals surface area contributed by atoms with E-state index in [1.54, 1.807) is 46.3 Å². The number of nitrogens with one attached hydrogen (secondary N) is 1. The number of aliphatic hydroxyl groups is 1. The number of rotatable bonds is 5. The molecule has 0 bridgehead atoms. The Morgan fingerprint density at radius 1 is 1.36 bits per heavy atom. The first-order valence-electron chi connectivity index (χ1n) is 10.6. The van der Waals surface area contributed by atoms with Crippen molar-refractivity contribution in [3.8, 4) is 0 Å². The third kappa shape index (κ3) is 4.45. The highest BCUT2D eigenvalue weighted by molar-refractivity contribution is 6.20. The maximum atomic E-state index is 13.4. The van der Waals surface area contributed by atoms with Crippen LogP contribution in [0, 0.1) is 0 Å². The first kappa shape index (κ1) is 22.8. The van der Waals surface area contributed by atoms with E-state index < -0.39 is 18.1 Å². The zero-order valence-electron chi connectivity index (χ0n) is 18.1. The number of aliphatic hydroxyl groups excluding tert-OH is 1. The number of fused-ring (bicyclic) bond motifs is 1. The number of amides is 1. The zero-order valence-corrected chi connectivity index (χ0v) is 18.1. The van der Waals surface area contributed by atoms with Gasteiger partial charge in [-0.1, -0.05) is 6.08 Å². The molecule has 0 aromatic carbocycles. The summed E-state index contributed by atoms with van der Waals surface area (Å²) in [6.45, 7) is 4.93. The molecular weight excluding hydrogens is 437 g/mol. The zero-order chi connectivity index (χ0) is 23.8. The predicted molar refractivity (Wildman–Crippen MR) is 116 cm³/mol. The van der Waals surface area contributed by atoms with Crippen LogP contribution in [0.2, 0.25) is 0 Å². The van der Waals surface area contributed by atoms with E-state index in [1.807, 2.05) is 0 Å². The Hall–Kier alpha value is -3.34. The second-order valence-electron chi connectivity index (χ2n) is 8.08. The van der Waals surface area contributed by atoms with E-state index in [-0.39, 0.29) is 17.9 Å². The number of carbonyl (C=O) groups is 1. The summed E-state index contributed by atoms with van der Waals surface area (Å²) >= 11 is 0. The number of hydrogen-bond donors (Lipinski definition) is 2. The first-order chi connectivity index (χ1) is 15.7. The molecule has 2 aliphatic heterocycles. The van der Waals surface area contributed by atoms with Gasteiger partial charge in [-0.25, -0.2) is 9.97 Å². The molecule has 33 heavy (non-hydrogen) atoms. The molecule has 4 rings (SSSR count). The van der Waals surface area contributed by atoms with Gasteiger partial charge in [0, 0.05) is 56.9 Å². The van der Waals surface area contributed by atoms with Gasteiger partial charge in [0.15, 0.2) is 6.23 Å². The van der Waals surface area contributed by atoms with Crippen molar-refractivity contribution >= 4 is 17.4 Å². The van der Waals surface area contributed by atoms with E-state index in [4.69, 9.17) is 0 Å². The maximum Gasteiger partial charge on any atom is 0.433 e. The quantitative estimate of drug-likeness (QED) is 0.665. The van der Waals surface area contributed by atoms with Gasteiger partial charge in [0.2, 0.25) is 5.95 Å². The topological polar surface area (TPSA) is 88.6 Å². The lowest BCUT2D eigenvalue weighted by Crippen LogP contribution is -2.46. The van der Waals surface area contributed by atoms with Gasteiger partial charge >= 0.3 is 6.18 Å². The van der Waals surface area contributed by atoms with Crippen molar-refractivity contribution in [3.05, 3.63) is 60.3 Å². The number of nitrogens with zero attached hydrogens (tertiary/aromatic N) is 5. The van der Waals surface area contributed by atoms with Crippen molar-refractivity contribution in [1.29, 1.82) is 0 Å². The van der Waals surface area contributed by atoms with Crippen LogP contribution in [0.3, 0.4) is 0 Å². The number of aromatic nitrogens is 3. The monoisotopic (exact) mass is 462 g/mol. The van der Waals surface area contributed by atoms with Gasteiger partial charge in [-0.05, 0) is 25.0 Å². The molecular formula is C22H25F3N6O2. The van der Waals surface area contributed by atoms with Crippen molar-refractivity contribution in [2.24, 2.45) is 0 Å². The maximum absolute atomic E-state index is 13.4. The normalized spacial score (nSPS) is 19.2. The van der Waals surface area contributed by atoms with Crippen molar-refractivity contribution in [1.82, 2.24) is 24.8 Å². The molecule has 8 nitrogen and oxygen atoms in total. The average Bonchev–Trinajstić information content (AvgIpc) is 3.30. The average molecular weight is 462 g/mol. The molecule has 1 saturated heterocycles. The highest BCUT2D eigenvalue weighted by Gasteiger charge is 2.35. The van der Waals surface area contributed by atoms with Gasteiger partial charge in [0.05, 0.1) is 11.3 Å². The standard InChI is InChI=1S/C22H25F3N6O2/c1-3-10-31-13-16(15-4-8-26-18(15)20(31)33)19(32)29(2)14-6-11-30(12-7-14)21-27-9-5-17(28-21)22(23,24)25/h3-5,8-9,13-14,20,26,33H,1,6-7,10-12H2,2H3. The largest absolute Gasteiger partial charge is 0.433 e. The van der Waals surface area contributed by atoms with E-state index >= 15 is 0 Å². The summed E-state index contributed by atoms with van der Waals surface area (Å²) in [6.07, 6.45) is 1.78. The van der Waals surface area contributed by atoms with Crippen LogP contribution in [0.4, 0.5) is 19.1 Å². The Balaban J connectivity index is 1.46.